The van der Waals surface area contributed by atoms with E-state index < -0.39 is 0 Å². The van der Waals surface area contributed by atoms with Gasteiger partial charge in [0.1, 0.15) is 5.69 Å². The van der Waals surface area contributed by atoms with Crippen molar-refractivity contribution < 1.29 is 9.53 Å². The molecule has 0 radical (unpaired) electrons. The zero-order valence-electron chi connectivity index (χ0n) is 13.5. The average molecular weight is 345 g/mol. The number of rotatable bonds is 6. The minimum atomic E-state index is -0.338. The van der Waals surface area contributed by atoms with Crippen molar-refractivity contribution >= 4 is 28.5 Å². The molecule has 1 amide bonds. The van der Waals surface area contributed by atoms with E-state index in [1.54, 1.807) is 6.07 Å². The predicted octanol–water partition coefficient (Wildman–Crippen LogP) is 2.31. The number of amides is 1. The van der Waals surface area contributed by atoms with Crippen molar-refractivity contribution in [2.24, 2.45) is 10.7 Å². The predicted molar refractivity (Wildman–Crippen MR) is 96.4 cm³/mol. The first-order chi connectivity index (χ1) is 11.6. The summed E-state index contributed by atoms with van der Waals surface area (Å²) >= 11 is 1.39. The van der Waals surface area contributed by atoms with Crippen LogP contribution < -0.4 is 15.8 Å². The van der Waals surface area contributed by atoms with Gasteiger partial charge in [-0.15, -0.1) is 0 Å². The quantitative estimate of drug-likeness (QED) is 0.615. The van der Waals surface area contributed by atoms with Crippen LogP contribution in [0.1, 0.15) is 23.0 Å². The normalized spacial score (nSPS) is 11.2. The van der Waals surface area contributed by atoms with Crippen molar-refractivity contribution in [2.45, 2.75) is 13.5 Å². The monoisotopic (exact) mass is 345 g/mol. The molecular weight excluding hydrogens is 326 g/mol. The number of nitrogens with two attached hydrogens (primary N) is 1. The average Bonchev–Trinajstić information content (AvgIpc) is 2.61. The maximum absolute atomic E-state index is 12.2. The molecule has 7 nitrogen and oxygen atoms in total. The van der Waals surface area contributed by atoms with E-state index in [9.17, 15) is 4.79 Å². The molecule has 0 aliphatic rings. The molecule has 2 rings (SSSR count). The summed E-state index contributed by atoms with van der Waals surface area (Å²) in [6.45, 7) is 2.81. The van der Waals surface area contributed by atoms with Gasteiger partial charge in [-0.05, 0) is 30.9 Å². The smallest absolute Gasteiger partial charge is 0.275 e. The zero-order valence-corrected chi connectivity index (χ0v) is 14.3. The third-order valence-corrected chi connectivity index (χ3v) is 3.51. The van der Waals surface area contributed by atoms with E-state index >= 15 is 0 Å². The third kappa shape index (κ3) is 5.24. The molecule has 8 heteroatoms. The van der Waals surface area contributed by atoms with Gasteiger partial charge in [0.2, 0.25) is 5.88 Å². The summed E-state index contributed by atoms with van der Waals surface area (Å²) < 4.78 is 5.20. The highest BCUT2D eigenvalue weighted by Crippen LogP contribution is 2.13. The maximum atomic E-state index is 12.2. The van der Waals surface area contributed by atoms with Gasteiger partial charge in [-0.25, -0.2) is 9.97 Å². The molecule has 2 aromatic rings. The van der Waals surface area contributed by atoms with Gasteiger partial charge in [0, 0.05) is 5.69 Å². The molecule has 0 saturated heterocycles. The van der Waals surface area contributed by atoms with E-state index in [0.717, 1.165) is 5.56 Å². The van der Waals surface area contributed by atoms with Crippen LogP contribution in [0.4, 0.5) is 5.69 Å². The van der Waals surface area contributed by atoms with Crippen LogP contribution in [0, 0.1) is 0 Å². The summed E-state index contributed by atoms with van der Waals surface area (Å²) in [7, 11) is 0. The van der Waals surface area contributed by atoms with E-state index in [0.29, 0.717) is 29.9 Å². The van der Waals surface area contributed by atoms with Crippen LogP contribution in [-0.2, 0) is 6.54 Å². The highest BCUT2D eigenvalue weighted by molar-refractivity contribution is 8.13. The summed E-state index contributed by atoms with van der Waals surface area (Å²) in [5.74, 6) is 0.0510. The topological polar surface area (TPSA) is 102 Å². The lowest BCUT2D eigenvalue weighted by Crippen LogP contribution is -2.14. The molecule has 126 valence electrons. The van der Waals surface area contributed by atoms with Crippen LogP contribution in [-0.4, -0.2) is 33.9 Å². The molecule has 24 heavy (non-hydrogen) atoms. The molecule has 3 N–H and O–H groups in total. The molecule has 0 aliphatic heterocycles. The molecule has 0 saturated carbocycles. The molecule has 0 fully saturated rings. The van der Waals surface area contributed by atoms with Crippen molar-refractivity contribution in [1.29, 1.82) is 0 Å². The van der Waals surface area contributed by atoms with Crippen molar-refractivity contribution in [3.05, 3.63) is 47.9 Å². The minimum absolute atomic E-state index is 0.216. The number of hydrogen-bond acceptors (Lipinski definition) is 6. The zero-order chi connectivity index (χ0) is 17.4. The lowest BCUT2D eigenvalue weighted by Gasteiger charge is -2.07. The number of nitrogens with zero attached hydrogens (tertiary/aromatic N) is 3. The van der Waals surface area contributed by atoms with Gasteiger partial charge >= 0.3 is 0 Å². The van der Waals surface area contributed by atoms with Gasteiger partial charge in [-0.2, -0.15) is 0 Å². The highest BCUT2D eigenvalue weighted by Gasteiger charge is 2.09. The number of thioether (sulfide) groups is 1. The number of carbonyl (C=O) groups is 1. The molecule has 0 bridgehead atoms. The summed E-state index contributed by atoms with van der Waals surface area (Å²) in [5.41, 5.74) is 7.49. The molecule has 1 aromatic carbocycles. The Balaban J connectivity index is 2.03. The Kier molecular flexibility index (Phi) is 6.56. The van der Waals surface area contributed by atoms with Crippen LogP contribution >= 0.6 is 11.8 Å². The van der Waals surface area contributed by atoms with Crippen LogP contribution in [0.25, 0.3) is 0 Å². The van der Waals surface area contributed by atoms with E-state index in [1.165, 1.54) is 24.2 Å². The Labute approximate surface area is 144 Å². The van der Waals surface area contributed by atoms with Crippen LogP contribution in [0.15, 0.2) is 41.7 Å². The Morgan fingerprint density at radius 1 is 1.38 bits per heavy atom. The van der Waals surface area contributed by atoms with Crippen LogP contribution in [0.5, 0.6) is 5.88 Å². The van der Waals surface area contributed by atoms with Crippen LogP contribution in [0.3, 0.4) is 0 Å². The van der Waals surface area contributed by atoms with E-state index in [2.05, 4.69) is 20.3 Å². The highest BCUT2D eigenvalue weighted by atomic mass is 32.2. The number of benzene rings is 1. The summed E-state index contributed by atoms with van der Waals surface area (Å²) in [6.07, 6.45) is 4.68. The number of amidine groups is 1. The van der Waals surface area contributed by atoms with Crippen molar-refractivity contribution in [1.82, 2.24) is 9.97 Å². The minimum Gasteiger partial charge on any atom is -0.477 e. The first-order valence-electron chi connectivity index (χ1n) is 7.31. The van der Waals surface area contributed by atoms with E-state index in [1.807, 2.05) is 31.4 Å². The molecule has 1 aromatic heterocycles. The lowest BCUT2D eigenvalue weighted by molar-refractivity contribution is 0.102. The van der Waals surface area contributed by atoms with E-state index in [4.69, 9.17) is 10.5 Å². The second-order valence-corrected chi connectivity index (χ2v) is 5.51. The molecule has 0 unspecified atom stereocenters. The number of anilines is 1. The Bertz CT molecular complexity index is 719. The third-order valence-electron chi connectivity index (χ3n) is 2.96. The molecule has 0 atom stereocenters. The first kappa shape index (κ1) is 17.7. The van der Waals surface area contributed by atoms with Gasteiger partial charge in [0.15, 0.2) is 5.17 Å². The molecule has 0 spiro atoms. The van der Waals surface area contributed by atoms with Gasteiger partial charge in [-0.3, -0.25) is 9.79 Å². The van der Waals surface area contributed by atoms with Gasteiger partial charge in [-0.1, -0.05) is 23.9 Å². The SMILES string of the molecule is CCOc1cnc(C(=O)Nc2cccc(C/N=C(/N)SC)c2)cn1. The molecular formula is C16H19N5O2S. The fourth-order valence-electron chi connectivity index (χ4n) is 1.83. The fourth-order valence-corrected chi connectivity index (χ4v) is 2.03. The summed E-state index contributed by atoms with van der Waals surface area (Å²) in [5, 5.41) is 3.31. The Morgan fingerprint density at radius 2 is 2.21 bits per heavy atom. The summed E-state index contributed by atoms with van der Waals surface area (Å²) in [6, 6.07) is 7.41. The second-order valence-electron chi connectivity index (χ2n) is 4.69. The largest absolute Gasteiger partial charge is 0.477 e. The van der Waals surface area contributed by atoms with Gasteiger partial charge in [0.05, 0.1) is 25.5 Å². The second kappa shape index (κ2) is 8.88. The Morgan fingerprint density at radius 3 is 2.88 bits per heavy atom. The first-order valence-corrected chi connectivity index (χ1v) is 8.54. The number of nitrogens with one attached hydrogen (secondary N) is 1. The van der Waals surface area contributed by atoms with Crippen molar-refractivity contribution in [3.8, 4) is 5.88 Å². The van der Waals surface area contributed by atoms with Crippen molar-refractivity contribution in [2.75, 3.05) is 18.2 Å². The molecule has 0 aliphatic carbocycles. The van der Waals surface area contributed by atoms with E-state index in [-0.39, 0.29) is 11.6 Å². The number of hydrogen-bond donors (Lipinski definition) is 2. The Hall–Kier alpha value is -2.61. The van der Waals surface area contributed by atoms with Crippen LogP contribution in [0.2, 0.25) is 0 Å². The lowest BCUT2D eigenvalue weighted by atomic mass is 10.2. The van der Waals surface area contributed by atoms with Gasteiger partial charge < -0.3 is 15.8 Å². The van der Waals surface area contributed by atoms with Crippen molar-refractivity contribution in [3.63, 3.8) is 0 Å². The number of aliphatic imine (C=N–C) groups is 1. The van der Waals surface area contributed by atoms with Gasteiger partial charge in [0.25, 0.3) is 5.91 Å². The fraction of sp³-hybridized carbons (Fsp3) is 0.250. The standard InChI is InChI=1S/C16H19N5O2S/c1-3-23-14-10-18-13(9-19-14)15(22)21-12-6-4-5-11(7-12)8-20-16(17)24-2/h4-7,9-10H,3,8H2,1-2H3,(H2,17,20)(H,21,22). The number of carbonyl (C=O) groups excluding carboxylic acids is 1. The number of aromatic nitrogens is 2. The molecule has 1 heterocycles. The maximum Gasteiger partial charge on any atom is 0.275 e. The summed E-state index contributed by atoms with van der Waals surface area (Å²) in [4.78, 5) is 24.5. The number of ether oxygens (including phenoxy) is 1.